The van der Waals surface area contributed by atoms with Crippen molar-refractivity contribution in [3.63, 3.8) is 0 Å². The minimum atomic E-state index is -3.71. The molecule has 0 unspecified atom stereocenters. The Labute approximate surface area is 178 Å². The Bertz CT molecular complexity index is 1170. The van der Waals surface area contributed by atoms with Gasteiger partial charge in [0.2, 0.25) is 10.0 Å². The fraction of sp³-hybridized carbons (Fsp3) is 0.263. The topological polar surface area (TPSA) is 119 Å². The van der Waals surface area contributed by atoms with Crippen LogP contribution in [0.2, 0.25) is 0 Å². The van der Waals surface area contributed by atoms with Crippen molar-refractivity contribution in [2.75, 3.05) is 25.0 Å². The molecule has 0 saturated heterocycles. The molecule has 2 aromatic carbocycles. The van der Waals surface area contributed by atoms with Crippen molar-refractivity contribution in [1.82, 2.24) is 13.1 Å². The second kappa shape index (κ2) is 9.28. The van der Waals surface area contributed by atoms with Gasteiger partial charge in [0.1, 0.15) is 11.0 Å². The molecule has 0 bridgehead atoms. The average Bonchev–Trinajstić information content (AvgIpc) is 3.23. The lowest BCUT2D eigenvalue weighted by Crippen LogP contribution is -2.30. The number of rotatable bonds is 8. The number of hydrogen-bond donors (Lipinski definition) is 1. The Morgan fingerprint density at radius 3 is 2.57 bits per heavy atom. The monoisotopic (exact) mass is 448 g/mol. The molecule has 1 amide bonds. The standard InChI is InChI=1S/C19H20N4O5S2/c1-3-23(4-2)30(26,27)14-8-5-7-13(11-14)19(25)28-12-17(24)20-15-9-6-10-16-18(15)22-29-21-16/h5-11H,3-4,12H2,1-2H3,(H,20,24). The smallest absolute Gasteiger partial charge is 0.338 e. The third-order valence-corrected chi connectivity index (χ3v) is 6.90. The van der Waals surface area contributed by atoms with Gasteiger partial charge < -0.3 is 10.1 Å². The van der Waals surface area contributed by atoms with Crippen molar-refractivity contribution < 1.29 is 22.7 Å². The molecule has 0 spiro atoms. The molecular weight excluding hydrogens is 428 g/mol. The summed E-state index contributed by atoms with van der Waals surface area (Å²) in [7, 11) is -3.71. The number of anilines is 1. The summed E-state index contributed by atoms with van der Waals surface area (Å²) < 4.78 is 39.8. The van der Waals surface area contributed by atoms with E-state index >= 15 is 0 Å². The van der Waals surface area contributed by atoms with Crippen LogP contribution in [0.25, 0.3) is 11.0 Å². The quantitative estimate of drug-likeness (QED) is 0.526. The maximum absolute atomic E-state index is 12.6. The molecule has 1 heterocycles. The highest BCUT2D eigenvalue weighted by atomic mass is 32.2. The van der Waals surface area contributed by atoms with Gasteiger partial charge in [0.15, 0.2) is 6.61 Å². The van der Waals surface area contributed by atoms with E-state index in [1.165, 1.54) is 28.6 Å². The van der Waals surface area contributed by atoms with Crippen LogP contribution in [0, 0.1) is 0 Å². The van der Waals surface area contributed by atoms with Crippen LogP contribution in [0.4, 0.5) is 5.69 Å². The number of esters is 1. The molecule has 1 aromatic heterocycles. The normalized spacial score (nSPS) is 11.6. The minimum Gasteiger partial charge on any atom is -0.452 e. The number of carbonyl (C=O) groups is 2. The summed E-state index contributed by atoms with van der Waals surface area (Å²) in [5.74, 6) is -1.34. The van der Waals surface area contributed by atoms with Crippen LogP contribution in [0.1, 0.15) is 24.2 Å². The van der Waals surface area contributed by atoms with Gasteiger partial charge in [-0.05, 0) is 30.3 Å². The summed E-state index contributed by atoms with van der Waals surface area (Å²) in [5.41, 5.74) is 1.72. The summed E-state index contributed by atoms with van der Waals surface area (Å²) in [6, 6.07) is 10.7. The lowest BCUT2D eigenvalue weighted by Gasteiger charge is -2.18. The number of aromatic nitrogens is 2. The molecule has 11 heteroatoms. The Hall–Kier alpha value is -2.89. The SMILES string of the molecule is CCN(CC)S(=O)(=O)c1cccc(C(=O)OCC(=O)Nc2cccc3nsnc23)c1. The summed E-state index contributed by atoms with van der Waals surface area (Å²) in [5, 5.41) is 2.63. The van der Waals surface area contributed by atoms with E-state index in [4.69, 9.17) is 4.74 Å². The van der Waals surface area contributed by atoms with Crippen molar-refractivity contribution in [1.29, 1.82) is 0 Å². The first-order chi connectivity index (χ1) is 14.4. The fourth-order valence-electron chi connectivity index (χ4n) is 2.80. The zero-order valence-corrected chi connectivity index (χ0v) is 18.0. The summed E-state index contributed by atoms with van der Waals surface area (Å²) >= 11 is 1.03. The number of nitrogens with one attached hydrogen (secondary N) is 1. The van der Waals surface area contributed by atoms with Crippen LogP contribution in [-0.4, -0.2) is 53.0 Å². The molecule has 158 valence electrons. The highest BCUT2D eigenvalue weighted by Crippen LogP contribution is 2.21. The summed E-state index contributed by atoms with van der Waals surface area (Å²) in [6.45, 7) is 3.57. The van der Waals surface area contributed by atoms with Gasteiger partial charge in [-0.3, -0.25) is 4.79 Å². The predicted octanol–water partition coefficient (Wildman–Crippen LogP) is 2.52. The molecule has 0 fully saturated rings. The van der Waals surface area contributed by atoms with E-state index in [-0.39, 0.29) is 10.5 Å². The van der Waals surface area contributed by atoms with Gasteiger partial charge in [-0.25, -0.2) is 13.2 Å². The van der Waals surface area contributed by atoms with E-state index in [9.17, 15) is 18.0 Å². The minimum absolute atomic E-state index is 0.00666. The average molecular weight is 449 g/mol. The number of sulfonamides is 1. The lowest BCUT2D eigenvalue weighted by molar-refractivity contribution is -0.119. The van der Waals surface area contributed by atoms with E-state index in [0.717, 1.165) is 11.7 Å². The Morgan fingerprint density at radius 2 is 1.83 bits per heavy atom. The van der Waals surface area contributed by atoms with Crippen molar-refractivity contribution >= 4 is 50.3 Å². The van der Waals surface area contributed by atoms with Gasteiger partial charge in [0.05, 0.1) is 27.9 Å². The largest absolute Gasteiger partial charge is 0.452 e. The summed E-state index contributed by atoms with van der Waals surface area (Å²) in [6.07, 6.45) is 0. The molecule has 3 rings (SSSR count). The number of fused-ring (bicyclic) bond motifs is 1. The molecule has 0 saturated carbocycles. The maximum atomic E-state index is 12.6. The number of ether oxygens (including phenoxy) is 1. The molecule has 0 aliphatic carbocycles. The number of benzene rings is 2. The number of nitrogens with zero attached hydrogens (tertiary/aromatic N) is 3. The van der Waals surface area contributed by atoms with E-state index in [1.807, 2.05) is 0 Å². The first kappa shape index (κ1) is 21.8. The second-order valence-corrected chi connectivity index (χ2v) is 8.65. The molecule has 0 aliphatic heterocycles. The number of carbonyl (C=O) groups excluding carboxylic acids is 2. The first-order valence-electron chi connectivity index (χ1n) is 9.15. The zero-order valence-electron chi connectivity index (χ0n) is 16.4. The van der Waals surface area contributed by atoms with Crippen LogP contribution < -0.4 is 5.32 Å². The van der Waals surface area contributed by atoms with Crippen LogP contribution in [-0.2, 0) is 19.6 Å². The van der Waals surface area contributed by atoms with E-state index in [0.29, 0.717) is 29.8 Å². The van der Waals surface area contributed by atoms with Gasteiger partial charge in [-0.15, -0.1) is 0 Å². The Balaban J connectivity index is 1.66. The molecule has 3 aromatic rings. The zero-order chi connectivity index (χ0) is 21.7. The second-order valence-electron chi connectivity index (χ2n) is 6.18. The maximum Gasteiger partial charge on any atom is 0.338 e. The van der Waals surface area contributed by atoms with Crippen LogP contribution in [0.5, 0.6) is 0 Å². The van der Waals surface area contributed by atoms with Crippen molar-refractivity contribution in [3.05, 3.63) is 48.0 Å². The molecule has 30 heavy (non-hydrogen) atoms. The highest BCUT2D eigenvalue weighted by Gasteiger charge is 2.23. The van der Waals surface area contributed by atoms with E-state index in [2.05, 4.69) is 14.1 Å². The number of amides is 1. The fourth-order valence-corrected chi connectivity index (χ4v) is 4.86. The van der Waals surface area contributed by atoms with Crippen molar-refractivity contribution in [3.8, 4) is 0 Å². The molecule has 9 nitrogen and oxygen atoms in total. The Morgan fingerprint density at radius 1 is 1.10 bits per heavy atom. The van der Waals surface area contributed by atoms with Gasteiger partial charge in [0.25, 0.3) is 5.91 Å². The lowest BCUT2D eigenvalue weighted by atomic mass is 10.2. The summed E-state index contributed by atoms with van der Waals surface area (Å²) in [4.78, 5) is 24.5. The number of hydrogen-bond acceptors (Lipinski definition) is 8. The van der Waals surface area contributed by atoms with Crippen molar-refractivity contribution in [2.45, 2.75) is 18.7 Å². The predicted molar refractivity (Wildman–Crippen MR) is 113 cm³/mol. The van der Waals surface area contributed by atoms with Gasteiger partial charge >= 0.3 is 5.97 Å². The highest BCUT2D eigenvalue weighted by molar-refractivity contribution is 7.89. The molecular formula is C19H20N4O5S2. The third-order valence-electron chi connectivity index (χ3n) is 4.31. The van der Waals surface area contributed by atoms with Gasteiger partial charge in [0, 0.05) is 13.1 Å². The third kappa shape index (κ3) is 4.64. The van der Waals surface area contributed by atoms with Gasteiger partial charge in [-0.1, -0.05) is 26.0 Å². The molecule has 0 atom stereocenters. The van der Waals surface area contributed by atoms with Crippen molar-refractivity contribution in [2.24, 2.45) is 0 Å². The molecule has 0 radical (unpaired) electrons. The molecule has 0 aliphatic rings. The Kier molecular flexibility index (Phi) is 6.75. The first-order valence-corrected chi connectivity index (χ1v) is 11.3. The van der Waals surface area contributed by atoms with Crippen LogP contribution in [0.15, 0.2) is 47.4 Å². The van der Waals surface area contributed by atoms with E-state index in [1.54, 1.807) is 32.0 Å². The molecule has 1 N–H and O–H groups in total. The van der Waals surface area contributed by atoms with Crippen LogP contribution >= 0.6 is 11.7 Å². The van der Waals surface area contributed by atoms with Gasteiger partial charge in [-0.2, -0.15) is 13.1 Å². The van der Waals surface area contributed by atoms with Crippen LogP contribution in [0.3, 0.4) is 0 Å². The van der Waals surface area contributed by atoms with E-state index < -0.39 is 28.5 Å².